The molecule has 10 nitrogen and oxygen atoms in total. The average molecular weight is 488 g/mol. The zero-order chi connectivity index (χ0) is 25.6. The fourth-order valence-corrected chi connectivity index (χ4v) is 4.84. The highest BCUT2D eigenvalue weighted by Gasteiger charge is 2.32. The second-order valence-corrected chi connectivity index (χ2v) is 10.5. The molecule has 10 heteroatoms. The van der Waals surface area contributed by atoms with E-state index >= 15 is 0 Å². The maximum absolute atomic E-state index is 13.0. The highest BCUT2D eigenvalue weighted by atomic mass is 16.6. The van der Waals surface area contributed by atoms with E-state index in [0.717, 1.165) is 10.9 Å². The Morgan fingerprint density at radius 3 is 2.53 bits per heavy atom. The molecule has 0 unspecified atom stereocenters. The van der Waals surface area contributed by atoms with E-state index in [1.807, 2.05) is 40.5 Å². The molecule has 186 valence electrons. The summed E-state index contributed by atoms with van der Waals surface area (Å²) in [5, 5.41) is 21.4. The summed E-state index contributed by atoms with van der Waals surface area (Å²) >= 11 is 0. The molecule has 1 amide bonds. The molecule has 2 aromatic carbocycles. The number of hydrogen-bond donors (Lipinski definition) is 0. The van der Waals surface area contributed by atoms with Gasteiger partial charge in [0.1, 0.15) is 0 Å². The zero-order valence-electron chi connectivity index (χ0n) is 20.9. The van der Waals surface area contributed by atoms with E-state index in [4.69, 9.17) is 4.98 Å². The lowest BCUT2D eigenvalue weighted by atomic mass is 9.91. The Bertz CT molecular complexity index is 1470. The van der Waals surface area contributed by atoms with Crippen LogP contribution in [0.2, 0.25) is 0 Å². The third-order valence-corrected chi connectivity index (χ3v) is 6.48. The minimum Gasteiger partial charge on any atom is -0.338 e. The number of rotatable bonds is 4. The number of para-hydroxylation sites is 2. The van der Waals surface area contributed by atoms with Crippen LogP contribution in [-0.4, -0.2) is 61.0 Å². The van der Waals surface area contributed by atoms with Crippen LogP contribution in [0, 0.1) is 15.5 Å². The number of benzene rings is 2. The van der Waals surface area contributed by atoms with Gasteiger partial charge in [-0.25, -0.2) is 9.38 Å². The van der Waals surface area contributed by atoms with Gasteiger partial charge in [-0.3, -0.25) is 14.9 Å². The van der Waals surface area contributed by atoms with Crippen molar-refractivity contribution in [3.8, 4) is 11.4 Å². The molecule has 0 N–H and O–H groups in total. The molecule has 1 fully saturated rings. The van der Waals surface area contributed by atoms with Gasteiger partial charge in [0, 0.05) is 43.5 Å². The number of nitro benzene ring substituents is 1. The lowest BCUT2D eigenvalue weighted by molar-refractivity contribution is -0.384. The summed E-state index contributed by atoms with van der Waals surface area (Å²) < 4.78 is 1.81. The number of nitro groups is 1. The summed E-state index contributed by atoms with van der Waals surface area (Å²) in [6, 6.07) is 14.2. The van der Waals surface area contributed by atoms with Crippen molar-refractivity contribution in [3.05, 3.63) is 58.6 Å². The highest BCUT2D eigenvalue weighted by Crippen LogP contribution is 2.33. The van der Waals surface area contributed by atoms with Gasteiger partial charge in [-0.1, -0.05) is 45.0 Å². The number of aromatic nitrogens is 4. The fraction of sp³-hybridized carbons (Fsp3) is 0.385. The summed E-state index contributed by atoms with van der Waals surface area (Å²) in [4.78, 5) is 33.3. The largest absolute Gasteiger partial charge is 0.338 e. The van der Waals surface area contributed by atoms with Gasteiger partial charge in [-0.05, 0) is 30.5 Å². The standard InChI is InChI=1S/C26H29N7O3/c1-17-16-30(13-14-31(17)22(34)15-26(2,3)4)25-27-20-11-7-5-9-18(20)23-28-29-24(32(23)25)19-10-6-8-12-21(19)33(35)36/h5-12,17H,13-16H2,1-4H3/t17-/m0/s1. The Hall–Kier alpha value is -4.08. The van der Waals surface area contributed by atoms with Crippen molar-refractivity contribution < 1.29 is 9.72 Å². The summed E-state index contributed by atoms with van der Waals surface area (Å²) in [7, 11) is 0. The lowest BCUT2D eigenvalue weighted by Gasteiger charge is -2.41. The predicted octanol–water partition coefficient (Wildman–Crippen LogP) is 4.33. The molecule has 1 aliphatic rings. The van der Waals surface area contributed by atoms with Crippen LogP contribution in [0.1, 0.15) is 34.1 Å². The van der Waals surface area contributed by atoms with E-state index in [2.05, 4.69) is 35.9 Å². The summed E-state index contributed by atoms with van der Waals surface area (Å²) in [6.45, 7) is 9.96. The van der Waals surface area contributed by atoms with E-state index in [-0.39, 0.29) is 23.1 Å². The minimum atomic E-state index is -0.410. The number of fused-ring (bicyclic) bond motifs is 3. The maximum atomic E-state index is 13.0. The Morgan fingerprint density at radius 1 is 1.08 bits per heavy atom. The van der Waals surface area contributed by atoms with Crippen LogP contribution < -0.4 is 4.90 Å². The van der Waals surface area contributed by atoms with E-state index in [9.17, 15) is 14.9 Å². The van der Waals surface area contributed by atoms with E-state index in [0.29, 0.717) is 49.0 Å². The van der Waals surface area contributed by atoms with Gasteiger partial charge < -0.3 is 9.80 Å². The predicted molar refractivity (Wildman–Crippen MR) is 138 cm³/mol. The first kappa shape index (κ1) is 23.7. The first-order valence-corrected chi connectivity index (χ1v) is 12.1. The van der Waals surface area contributed by atoms with Crippen LogP contribution in [0.3, 0.4) is 0 Å². The Kier molecular flexibility index (Phi) is 5.82. The van der Waals surface area contributed by atoms with Gasteiger partial charge >= 0.3 is 0 Å². The van der Waals surface area contributed by atoms with Crippen molar-refractivity contribution in [2.75, 3.05) is 24.5 Å². The Balaban J connectivity index is 1.61. The molecular weight excluding hydrogens is 458 g/mol. The van der Waals surface area contributed by atoms with Gasteiger partial charge in [0.15, 0.2) is 11.5 Å². The second-order valence-electron chi connectivity index (χ2n) is 10.5. The molecule has 0 spiro atoms. The molecule has 0 radical (unpaired) electrons. The number of carbonyl (C=O) groups is 1. The number of carbonyl (C=O) groups excluding carboxylic acids is 1. The molecule has 3 heterocycles. The Labute approximate surface area is 208 Å². The molecule has 4 aromatic rings. The Morgan fingerprint density at radius 2 is 1.81 bits per heavy atom. The van der Waals surface area contributed by atoms with E-state index in [1.165, 1.54) is 6.07 Å². The van der Waals surface area contributed by atoms with Crippen LogP contribution in [-0.2, 0) is 4.79 Å². The first-order chi connectivity index (χ1) is 17.1. The minimum absolute atomic E-state index is 0.0251. The number of anilines is 1. The van der Waals surface area contributed by atoms with Gasteiger partial charge in [0.2, 0.25) is 11.9 Å². The van der Waals surface area contributed by atoms with Crippen molar-refractivity contribution >= 4 is 34.1 Å². The lowest BCUT2D eigenvalue weighted by Crippen LogP contribution is -2.55. The average Bonchev–Trinajstić information content (AvgIpc) is 3.27. The number of nitrogens with zero attached hydrogens (tertiary/aromatic N) is 7. The summed E-state index contributed by atoms with van der Waals surface area (Å²) in [6.07, 6.45) is 0.489. The van der Waals surface area contributed by atoms with Crippen LogP contribution in [0.4, 0.5) is 11.6 Å². The van der Waals surface area contributed by atoms with E-state index in [1.54, 1.807) is 18.2 Å². The third-order valence-electron chi connectivity index (χ3n) is 6.48. The van der Waals surface area contributed by atoms with Gasteiger partial charge in [0.25, 0.3) is 5.69 Å². The van der Waals surface area contributed by atoms with Crippen molar-refractivity contribution in [2.45, 2.75) is 40.2 Å². The number of hydrogen-bond acceptors (Lipinski definition) is 7. The smallest absolute Gasteiger partial charge is 0.280 e. The van der Waals surface area contributed by atoms with Gasteiger partial charge in [-0.2, -0.15) is 0 Å². The van der Waals surface area contributed by atoms with Crippen LogP contribution in [0.15, 0.2) is 48.5 Å². The van der Waals surface area contributed by atoms with Crippen LogP contribution >= 0.6 is 0 Å². The van der Waals surface area contributed by atoms with Crippen molar-refractivity contribution in [3.63, 3.8) is 0 Å². The molecule has 0 bridgehead atoms. The topological polar surface area (TPSA) is 110 Å². The molecular formula is C26H29N7O3. The van der Waals surface area contributed by atoms with Gasteiger partial charge in [-0.15, -0.1) is 10.2 Å². The first-order valence-electron chi connectivity index (χ1n) is 12.1. The van der Waals surface area contributed by atoms with Crippen molar-refractivity contribution in [1.29, 1.82) is 0 Å². The number of amides is 1. The fourth-order valence-electron chi connectivity index (χ4n) is 4.84. The molecule has 1 saturated heterocycles. The molecule has 36 heavy (non-hydrogen) atoms. The molecule has 2 aromatic heterocycles. The third kappa shape index (κ3) is 4.23. The van der Waals surface area contributed by atoms with Crippen molar-refractivity contribution in [2.24, 2.45) is 5.41 Å². The maximum Gasteiger partial charge on any atom is 0.280 e. The molecule has 0 aliphatic carbocycles. The van der Waals surface area contributed by atoms with Gasteiger partial charge in [0.05, 0.1) is 16.0 Å². The number of piperazine rings is 1. The molecule has 1 atom stereocenters. The highest BCUT2D eigenvalue weighted by molar-refractivity contribution is 5.93. The quantitative estimate of drug-likeness (QED) is 0.311. The summed E-state index contributed by atoms with van der Waals surface area (Å²) in [5.74, 6) is 1.12. The van der Waals surface area contributed by atoms with Crippen LogP contribution in [0.25, 0.3) is 27.9 Å². The molecule has 0 saturated carbocycles. The monoisotopic (exact) mass is 487 g/mol. The molecule has 1 aliphatic heterocycles. The summed E-state index contributed by atoms with van der Waals surface area (Å²) in [5.41, 5.74) is 1.60. The SMILES string of the molecule is C[C@H]1CN(c2nc3ccccc3c3nnc(-c4ccccc4[N+](=O)[O-])n23)CCN1C(=O)CC(C)(C)C. The normalized spacial score (nSPS) is 16.6. The molecule has 5 rings (SSSR count). The van der Waals surface area contributed by atoms with E-state index < -0.39 is 4.92 Å². The zero-order valence-corrected chi connectivity index (χ0v) is 20.9. The van der Waals surface area contributed by atoms with Crippen LogP contribution in [0.5, 0.6) is 0 Å². The second kappa shape index (κ2) is 8.85. The van der Waals surface area contributed by atoms with Crippen molar-refractivity contribution in [1.82, 2.24) is 24.5 Å².